The number of hydrogen-bond acceptors (Lipinski definition) is 2. The zero-order chi connectivity index (χ0) is 12.8. The molecule has 0 atom stereocenters. The van der Waals surface area contributed by atoms with Gasteiger partial charge in [-0.05, 0) is 45.7 Å². The average molecular weight is 263 g/mol. The fourth-order valence-corrected chi connectivity index (χ4v) is 2.83. The van der Waals surface area contributed by atoms with E-state index in [0.29, 0.717) is 5.92 Å². The molecular formula is C12H30O2Si2. The van der Waals surface area contributed by atoms with Gasteiger partial charge in [0.1, 0.15) is 0 Å². The van der Waals surface area contributed by atoms with Crippen molar-refractivity contribution in [2.75, 3.05) is 13.2 Å². The molecule has 0 aromatic heterocycles. The molecule has 0 saturated heterocycles. The van der Waals surface area contributed by atoms with Crippen LogP contribution in [-0.2, 0) is 8.85 Å². The van der Waals surface area contributed by atoms with E-state index in [-0.39, 0.29) is 0 Å². The maximum Gasteiger partial charge on any atom is 0.183 e. The second kappa shape index (κ2) is 6.94. The van der Waals surface area contributed by atoms with Crippen molar-refractivity contribution in [2.45, 2.75) is 59.0 Å². The van der Waals surface area contributed by atoms with Crippen LogP contribution in [0.5, 0.6) is 0 Å². The van der Waals surface area contributed by atoms with Crippen molar-refractivity contribution < 1.29 is 8.85 Å². The molecule has 0 rings (SSSR count). The summed E-state index contributed by atoms with van der Waals surface area (Å²) in [6.45, 7) is 17.5. The Morgan fingerprint density at radius 3 is 1.44 bits per heavy atom. The molecule has 0 aromatic rings. The second-order valence-corrected chi connectivity index (χ2v) is 15.5. The molecule has 0 spiro atoms. The Labute approximate surface area is 104 Å². The minimum absolute atomic E-state index is 0.587. The lowest BCUT2D eigenvalue weighted by Crippen LogP contribution is -2.33. The molecule has 0 aliphatic rings. The Morgan fingerprint density at radius 1 is 0.812 bits per heavy atom. The smallest absolute Gasteiger partial charge is 0.183 e. The molecular weight excluding hydrogens is 232 g/mol. The van der Waals surface area contributed by atoms with Gasteiger partial charge in [0.05, 0.1) is 0 Å². The molecule has 0 aliphatic carbocycles. The van der Waals surface area contributed by atoms with Gasteiger partial charge in [-0.3, -0.25) is 0 Å². The molecule has 0 aromatic carbocycles. The fraction of sp³-hybridized carbons (Fsp3) is 1.00. The van der Waals surface area contributed by atoms with Gasteiger partial charge in [-0.1, -0.05) is 13.3 Å². The third-order valence-electron chi connectivity index (χ3n) is 2.20. The third-order valence-corrected chi connectivity index (χ3v) is 4.27. The van der Waals surface area contributed by atoms with Crippen LogP contribution in [-0.4, -0.2) is 29.8 Å². The van der Waals surface area contributed by atoms with Crippen molar-refractivity contribution in [3.05, 3.63) is 0 Å². The first-order chi connectivity index (χ1) is 7.14. The molecule has 0 bridgehead atoms. The summed E-state index contributed by atoms with van der Waals surface area (Å²) in [6, 6.07) is 0. The summed E-state index contributed by atoms with van der Waals surface area (Å²) in [5.74, 6) is 0.587. The fourth-order valence-electron chi connectivity index (χ4n) is 1.36. The summed E-state index contributed by atoms with van der Waals surface area (Å²) in [4.78, 5) is 0. The monoisotopic (exact) mass is 262 g/mol. The van der Waals surface area contributed by atoms with E-state index in [0.717, 1.165) is 13.2 Å². The van der Waals surface area contributed by atoms with Gasteiger partial charge >= 0.3 is 0 Å². The molecule has 2 nitrogen and oxygen atoms in total. The summed E-state index contributed by atoms with van der Waals surface area (Å²) in [5, 5.41) is 0. The summed E-state index contributed by atoms with van der Waals surface area (Å²) in [7, 11) is -2.74. The summed E-state index contributed by atoms with van der Waals surface area (Å²) < 4.78 is 12.0. The standard InChI is InChI=1S/C12H30O2Si2/c1-8-9-12(10-13-15(2,3)4)11-14-16(5,6)7/h12H,8-11H2,1-7H3. The van der Waals surface area contributed by atoms with Gasteiger partial charge < -0.3 is 8.85 Å². The topological polar surface area (TPSA) is 18.5 Å². The van der Waals surface area contributed by atoms with E-state index in [2.05, 4.69) is 46.2 Å². The van der Waals surface area contributed by atoms with Crippen LogP contribution in [0.15, 0.2) is 0 Å². The zero-order valence-electron chi connectivity index (χ0n) is 12.2. The minimum Gasteiger partial charge on any atom is -0.417 e. The quantitative estimate of drug-likeness (QED) is 0.613. The van der Waals surface area contributed by atoms with E-state index in [1.165, 1.54) is 12.8 Å². The second-order valence-electron chi connectivity index (χ2n) is 6.50. The molecule has 0 heterocycles. The van der Waals surface area contributed by atoms with Crippen LogP contribution in [0, 0.1) is 5.92 Å². The van der Waals surface area contributed by atoms with Gasteiger partial charge in [-0.25, -0.2) is 0 Å². The molecule has 0 saturated carbocycles. The number of hydrogen-bond donors (Lipinski definition) is 0. The highest BCUT2D eigenvalue weighted by atomic mass is 28.4. The summed E-state index contributed by atoms with van der Waals surface area (Å²) in [6.07, 6.45) is 2.43. The van der Waals surface area contributed by atoms with E-state index in [9.17, 15) is 0 Å². The van der Waals surface area contributed by atoms with Gasteiger partial charge in [0, 0.05) is 19.1 Å². The summed E-state index contributed by atoms with van der Waals surface area (Å²) in [5.41, 5.74) is 0. The van der Waals surface area contributed by atoms with Crippen molar-refractivity contribution in [2.24, 2.45) is 5.92 Å². The predicted molar refractivity (Wildman–Crippen MR) is 77.0 cm³/mol. The largest absolute Gasteiger partial charge is 0.417 e. The third kappa shape index (κ3) is 10.9. The predicted octanol–water partition coefficient (Wildman–Crippen LogP) is 4.11. The first kappa shape index (κ1) is 16.4. The van der Waals surface area contributed by atoms with E-state index >= 15 is 0 Å². The summed E-state index contributed by atoms with van der Waals surface area (Å²) >= 11 is 0. The van der Waals surface area contributed by atoms with E-state index < -0.39 is 16.6 Å². The lowest BCUT2D eigenvalue weighted by molar-refractivity contribution is 0.161. The van der Waals surface area contributed by atoms with Crippen LogP contribution in [0.1, 0.15) is 19.8 Å². The Hall–Kier alpha value is 0.354. The van der Waals surface area contributed by atoms with Gasteiger partial charge in [0.25, 0.3) is 0 Å². The Bertz CT molecular complexity index is 164. The number of rotatable bonds is 8. The molecule has 98 valence electrons. The SMILES string of the molecule is CCCC(CO[Si](C)(C)C)CO[Si](C)(C)C. The van der Waals surface area contributed by atoms with E-state index in [1.807, 2.05) is 0 Å². The van der Waals surface area contributed by atoms with Crippen LogP contribution in [0.3, 0.4) is 0 Å². The van der Waals surface area contributed by atoms with Crippen molar-refractivity contribution in [1.82, 2.24) is 0 Å². The van der Waals surface area contributed by atoms with Gasteiger partial charge in [-0.2, -0.15) is 0 Å². The highest BCUT2D eigenvalue weighted by molar-refractivity contribution is 6.70. The van der Waals surface area contributed by atoms with Crippen LogP contribution >= 0.6 is 0 Å². The molecule has 4 heteroatoms. The Kier molecular flexibility index (Phi) is 7.09. The molecule has 0 N–H and O–H groups in total. The Morgan fingerprint density at radius 2 is 1.19 bits per heavy atom. The van der Waals surface area contributed by atoms with Crippen molar-refractivity contribution in [1.29, 1.82) is 0 Å². The molecule has 0 aliphatic heterocycles. The molecule has 0 unspecified atom stereocenters. The average Bonchev–Trinajstić information content (AvgIpc) is 2.07. The first-order valence-electron chi connectivity index (χ1n) is 6.42. The molecule has 16 heavy (non-hydrogen) atoms. The van der Waals surface area contributed by atoms with Crippen LogP contribution < -0.4 is 0 Å². The van der Waals surface area contributed by atoms with Crippen molar-refractivity contribution >= 4 is 16.6 Å². The normalized spacial score (nSPS) is 13.5. The minimum atomic E-state index is -1.37. The van der Waals surface area contributed by atoms with E-state index in [1.54, 1.807) is 0 Å². The lowest BCUT2D eigenvalue weighted by atomic mass is 10.1. The maximum absolute atomic E-state index is 5.98. The first-order valence-corrected chi connectivity index (χ1v) is 13.2. The highest BCUT2D eigenvalue weighted by Crippen LogP contribution is 2.14. The maximum atomic E-state index is 5.98. The lowest BCUT2D eigenvalue weighted by Gasteiger charge is -2.26. The van der Waals surface area contributed by atoms with Gasteiger partial charge in [0.2, 0.25) is 0 Å². The molecule has 0 fully saturated rings. The van der Waals surface area contributed by atoms with Gasteiger partial charge in [0.15, 0.2) is 16.6 Å². The molecule has 0 amide bonds. The van der Waals surface area contributed by atoms with Crippen molar-refractivity contribution in [3.63, 3.8) is 0 Å². The highest BCUT2D eigenvalue weighted by Gasteiger charge is 2.20. The zero-order valence-corrected chi connectivity index (χ0v) is 14.2. The van der Waals surface area contributed by atoms with Crippen molar-refractivity contribution in [3.8, 4) is 0 Å². The van der Waals surface area contributed by atoms with Crippen LogP contribution in [0.25, 0.3) is 0 Å². The molecule has 0 radical (unpaired) electrons. The van der Waals surface area contributed by atoms with Crippen LogP contribution in [0.2, 0.25) is 39.3 Å². The Balaban J connectivity index is 3.98. The van der Waals surface area contributed by atoms with Gasteiger partial charge in [-0.15, -0.1) is 0 Å². The van der Waals surface area contributed by atoms with E-state index in [4.69, 9.17) is 8.85 Å². The van der Waals surface area contributed by atoms with Crippen LogP contribution in [0.4, 0.5) is 0 Å².